The zero-order chi connectivity index (χ0) is 13.8. The van der Waals surface area contributed by atoms with Crippen LogP contribution < -0.4 is 14.9 Å². The summed E-state index contributed by atoms with van der Waals surface area (Å²) in [5.74, 6) is 0.941. The van der Waals surface area contributed by atoms with Crippen molar-refractivity contribution >= 4 is 16.0 Å². The van der Waals surface area contributed by atoms with E-state index in [0.29, 0.717) is 13.1 Å². The van der Waals surface area contributed by atoms with Crippen molar-refractivity contribution in [1.29, 1.82) is 0 Å². The van der Waals surface area contributed by atoms with Crippen molar-refractivity contribution in [3.8, 4) is 0 Å². The minimum absolute atomic E-state index is 0.0713. The second kappa shape index (κ2) is 6.17. The molecule has 7 nitrogen and oxygen atoms in total. The average Bonchev–Trinajstić information content (AvgIpc) is 2.66. The number of hydrogen-bond acceptors (Lipinski definition) is 5. The van der Waals surface area contributed by atoms with Gasteiger partial charge in [0.25, 0.3) is 0 Å². The van der Waals surface area contributed by atoms with Crippen LogP contribution in [0.2, 0.25) is 0 Å². The summed E-state index contributed by atoms with van der Waals surface area (Å²) in [6, 6.07) is 0. The van der Waals surface area contributed by atoms with Crippen LogP contribution in [-0.4, -0.2) is 51.4 Å². The summed E-state index contributed by atoms with van der Waals surface area (Å²) in [6.45, 7) is 1.00. The highest BCUT2D eigenvalue weighted by Crippen LogP contribution is 2.10. The fourth-order valence-electron chi connectivity index (χ4n) is 1.54. The summed E-state index contributed by atoms with van der Waals surface area (Å²) < 4.78 is 26.6. The zero-order valence-corrected chi connectivity index (χ0v) is 12.1. The Balaban J connectivity index is 2.45. The molecule has 18 heavy (non-hydrogen) atoms. The Morgan fingerprint density at radius 1 is 1.44 bits per heavy atom. The molecular weight excluding hydrogens is 254 g/mol. The topological polar surface area (TPSA) is 79.3 Å². The van der Waals surface area contributed by atoms with E-state index in [4.69, 9.17) is 0 Å². The first-order valence-corrected chi connectivity index (χ1v) is 7.32. The SMILES string of the molecule is CNS(=O)(=O)CCNCc1cnc(N(C)C)n1C. The molecule has 0 unspecified atom stereocenters. The van der Waals surface area contributed by atoms with Gasteiger partial charge in [-0.05, 0) is 7.05 Å². The second-order valence-corrected chi connectivity index (χ2v) is 6.25. The third-order valence-electron chi connectivity index (χ3n) is 2.62. The van der Waals surface area contributed by atoms with Crippen LogP contribution in [0.3, 0.4) is 0 Å². The second-order valence-electron chi connectivity index (χ2n) is 4.20. The van der Waals surface area contributed by atoms with E-state index in [0.717, 1.165) is 11.6 Å². The van der Waals surface area contributed by atoms with Gasteiger partial charge in [0.05, 0.1) is 17.6 Å². The van der Waals surface area contributed by atoms with Crippen molar-refractivity contribution in [3.05, 3.63) is 11.9 Å². The number of aromatic nitrogens is 2. The fraction of sp³-hybridized carbons (Fsp3) is 0.700. The van der Waals surface area contributed by atoms with E-state index in [-0.39, 0.29) is 5.75 Å². The van der Waals surface area contributed by atoms with Crippen molar-refractivity contribution in [2.45, 2.75) is 6.54 Å². The van der Waals surface area contributed by atoms with Gasteiger partial charge in [-0.25, -0.2) is 18.1 Å². The molecule has 2 N–H and O–H groups in total. The lowest BCUT2D eigenvalue weighted by Crippen LogP contribution is -2.29. The van der Waals surface area contributed by atoms with Crippen molar-refractivity contribution < 1.29 is 8.42 Å². The van der Waals surface area contributed by atoms with E-state index in [1.807, 2.05) is 30.6 Å². The predicted molar refractivity (Wildman–Crippen MR) is 72.1 cm³/mol. The quantitative estimate of drug-likeness (QED) is 0.632. The minimum Gasteiger partial charge on any atom is -0.348 e. The van der Waals surface area contributed by atoms with Gasteiger partial charge in [0, 0.05) is 34.2 Å². The van der Waals surface area contributed by atoms with Crippen LogP contribution in [-0.2, 0) is 23.6 Å². The number of rotatable bonds is 7. The number of hydrogen-bond donors (Lipinski definition) is 2. The Morgan fingerprint density at radius 3 is 2.61 bits per heavy atom. The monoisotopic (exact) mass is 275 g/mol. The molecule has 0 aromatic carbocycles. The van der Waals surface area contributed by atoms with Crippen molar-refractivity contribution in [2.24, 2.45) is 7.05 Å². The Bertz CT molecular complexity index is 480. The molecule has 0 saturated heterocycles. The number of nitrogens with one attached hydrogen (secondary N) is 2. The van der Waals surface area contributed by atoms with E-state index in [1.54, 1.807) is 6.20 Å². The van der Waals surface area contributed by atoms with Crippen LogP contribution in [0.4, 0.5) is 5.95 Å². The molecule has 0 radical (unpaired) electrons. The van der Waals surface area contributed by atoms with Gasteiger partial charge in [0.15, 0.2) is 0 Å². The molecule has 1 aromatic heterocycles. The van der Waals surface area contributed by atoms with E-state index in [1.165, 1.54) is 7.05 Å². The molecular formula is C10H21N5O2S. The lowest BCUT2D eigenvalue weighted by atomic mass is 10.4. The molecule has 0 atom stereocenters. The Hall–Kier alpha value is -1.12. The van der Waals surface area contributed by atoms with Crippen molar-refractivity contribution in [2.75, 3.05) is 38.3 Å². The van der Waals surface area contributed by atoms with E-state index in [9.17, 15) is 8.42 Å². The third-order valence-corrected chi connectivity index (χ3v) is 3.99. The molecule has 0 aliphatic heterocycles. The minimum atomic E-state index is -3.14. The van der Waals surface area contributed by atoms with Crippen LogP contribution in [0.15, 0.2) is 6.20 Å². The molecule has 0 spiro atoms. The van der Waals surface area contributed by atoms with Gasteiger partial charge in [-0.3, -0.25) is 0 Å². The zero-order valence-electron chi connectivity index (χ0n) is 11.3. The first kappa shape index (κ1) is 14.9. The maximum absolute atomic E-state index is 11.2. The van der Waals surface area contributed by atoms with Gasteiger partial charge in [0.2, 0.25) is 16.0 Å². The highest BCUT2D eigenvalue weighted by atomic mass is 32.2. The average molecular weight is 275 g/mol. The summed E-state index contributed by atoms with van der Waals surface area (Å²) in [5, 5.41) is 3.09. The molecule has 1 rings (SSSR count). The molecule has 0 aliphatic rings. The fourth-order valence-corrected chi connectivity index (χ4v) is 2.16. The first-order valence-electron chi connectivity index (χ1n) is 5.67. The Morgan fingerprint density at radius 2 is 2.11 bits per heavy atom. The Labute approximate surface area is 108 Å². The highest BCUT2D eigenvalue weighted by molar-refractivity contribution is 7.89. The van der Waals surface area contributed by atoms with Crippen LogP contribution in [0.1, 0.15) is 5.69 Å². The summed E-state index contributed by atoms with van der Waals surface area (Å²) in [7, 11) is 4.07. The van der Waals surface area contributed by atoms with Crippen LogP contribution in [0.5, 0.6) is 0 Å². The smallest absolute Gasteiger partial charge is 0.212 e. The highest BCUT2D eigenvalue weighted by Gasteiger charge is 2.09. The van der Waals surface area contributed by atoms with Gasteiger partial charge in [-0.1, -0.05) is 0 Å². The van der Waals surface area contributed by atoms with E-state index in [2.05, 4.69) is 15.0 Å². The van der Waals surface area contributed by atoms with Crippen molar-refractivity contribution in [3.63, 3.8) is 0 Å². The maximum Gasteiger partial charge on any atom is 0.212 e. The van der Waals surface area contributed by atoms with Gasteiger partial charge in [-0.2, -0.15) is 0 Å². The Kier molecular flexibility index (Phi) is 5.12. The van der Waals surface area contributed by atoms with Gasteiger partial charge in [-0.15, -0.1) is 0 Å². The third kappa shape index (κ3) is 3.97. The lowest BCUT2D eigenvalue weighted by Gasteiger charge is -2.12. The molecule has 0 aliphatic carbocycles. The molecule has 0 amide bonds. The molecule has 104 valence electrons. The standard InChI is InChI=1S/C10H21N5O2S/c1-11-18(16,17)6-5-12-7-9-8-13-10(14(2)3)15(9)4/h8,11-12H,5-7H2,1-4H3. The first-order chi connectivity index (χ1) is 8.37. The predicted octanol–water partition coefficient (Wildman–Crippen LogP) is -0.875. The van der Waals surface area contributed by atoms with Crippen LogP contribution >= 0.6 is 0 Å². The number of sulfonamides is 1. The van der Waals surface area contributed by atoms with E-state index >= 15 is 0 Å². The summed E-state index contributed by atoms with van der Waals surface area (Å²) in [4.78, 5) is 6.20. The molecule has 1 heterocycles. The van der Waals surface area contributed by atoms with E-state index < -0.39 is 10.0 Å². The number of imidazole rings is 1. The van der Waals surface area contributed by atoms with Gasteiger partial charge < -0.3 is 14.8 Å². The summed E-state index contributed by atoms with van der Waals surface area (Å²) in [5.41, 5.74) is 1.01. The lowest BCUT2D eigenvalue weighted by molar-refractivity contribution is 0.581. The normalized spacial score (nSPS) is 11.8. The molecule has 0 saturated carbocycles. The number of nitrogens with zero attached hydrogens (tertiary/aromatic N) is 3. The maximum atomic E-state index is 11.2. The summed E-state index contributed by atoms with van der Waals surface area (Å²) in [6.07, 6.45) is 1.79. The molecule has 0 bridgehead atoms. The van der Waals surface area contributed by atoms with Crippen LogP contribution in [0.25, 0.3) is 0 Å². The van der Waals surface area contributed by atoms with Gasteiger partial charge >= 0.3 is 0 Å². The molecule has 0 fully saturated rings. The molecule has 8 heteroatoms. The largest absolute Gasteiger partial charge is 0.348 e. The molecule has 1 aromatic rings. The number of anilines is 1. The van der Waals surface area contributed by atoms with Crippen LogP contribution in [0, 0.1) is 0 Å². The van der Waals surface area contributed by atoms with Crippen molar-refractivity contribution in [1.82, 2.24) is 19.6 Å². The summed E-state index contributed by atoms with van der Waals surface area (Å²) >= 11 is 0. The van der Waals surface area contributed by atoms with Gasteiger partial charge in [0.1, 0.15) is 0 Å².